The lowest BCUT2D eigenvalue weighted by Crippen LogP contribution is -2.32. The highest BCUT2D eigenvalue weighted by molar-refractivity contribution is 6.39. The summed E-state index contributed by atoms with van der Waals surface area (Å²) in [6.07, 6.45) is 1.10. The van der Waals surface area contributed by atoms with Crippen molar-refractivity contribution in [1.82, 2.24) is 5.43 Å². The number of para-hydroxylation sites is 1. The number of carboxylic acids is 1. The van der Waals surface area contributed by atoms with Crippen LogP contribution in [0.25, 0.3) is 0 Å². The zero-order valence-corrected chi connectivity index (χ0v) is 14.3. The second kappa shape index (κ2) is 9.30. The van der Waals surface area contributed by atoms with E-state index >= 15 is 0 Å². The number of rotatable bonds is 6. The number of ether oxygens (including phenoxy) is 1. The van der Waals surface area contributed by atoms with Gasteiger partial charge in [-0.3, -0.25) is 9.59 Å². The molecule has 2 N–H and O–H groups in total. The molecule has 0 aliphatic heterocycles. The van der Waals surface area contributed by atoms with E-state index in [2.05, 4.69) is 10.4 Å². The van der Waals surface area contributed by atoms with E-state index in [1.54, 1.807) is 0 Å². The van der Waals surface area contributed by atoms with Crippen molar-refractivity contribution in [2.75, 3.05) is 11.9 Å². The minimum Gasteiger partial charge on any atom is -0.546 e. The molecule has 8 nitrogen and oxygen atoms in total. The predicted octanol–water partition coefficient (Wildman–Crippen LogP) is 0.697. The molecule has 0 saturated carbocycles. The van der Waals surface area contributed by atoms with E-state index in [1.165, 1.54) is 36.4 Å². The molecular formula is C17H12ClFN3O5-. The first kappa shape index (κ1) is 19.9. The summed E-state index contributed by atoms with van der Waals surface area (Å²) in [6, 6.07) is 9.60. The first-order valence-corrected chi connectivity index (χ1v) is 7.75. The molecule has 2 amide bonds. The van der Waals surface area contributed by atoms with Gasteiger partial charge in [0.2, 0.25) is 0 Å². The number of halogens is 2. The summed E-state index contributed by atoms with van der Waals surface area (Å²) in [6.45, 7) is -0.695. The summed E-state index contributed by atoms with van der Waals surface area (Å²) in [5.41, 5.74) is 2.04. The van der Waals surface area contributed by atoms with Gasteiger partial charge < -0.3 is 20.0 Å². The smallest absolute Gasteiger partial charge is 0.329 e. The minimum atomic E-state index is -1.43. The molecule has 0 unspecified atom stereocenters. The molecule has 0 radical (unpaired) electrons. The molecular weight excluding hydrogens is 381 g/mol. The van der Waals surface area contributed by atoms with E-state index in [9.17, 15) is 23.9 Å². The standard InChI is InChI=1S/C17H13ClFN3O5/c18-11-5-6-14(27-9-15(23)24)10(7-11)8-20-22-17(26)16(25)21-13-4-2-1-3-12(13)19/h1-8H,9H2,(H,21,25)(H,22,26)(H,23,24)/p-1/b20-8-. The fraction of sp³-hybridized carbons (Fsp3) is 0.0588. The summed E-state index contributed by atoms with van der Waals surface area (Å²) in [7, 11) is 0. The minimum absolute atomic E-state index is 0.123. The fourth-order valence-corrected chi connectivity index (χ4v) is 2.02. The van der Waals surface area contributed by atoms with E-state index in [-0.39, 0.29) is 17.0 Å². The van der Waals surface area contributed by atoms with Crippen LogP contribution in [-0.4, -0.2) is 30.6 Å². The van der Waals surface area contributed by atoms with Crippen molar-refractivity contribution in [1.29, 1.82) is 0 Å². The Kier molecular flexibility index (Phi) is 6.84. The third kappa shape index (κ3) is 6.08. The van der Waals surface area contributed by atoms with Crippen LogP contribution in [0.1, 0.15) is 5.56 Å². The lowest BCUT2D eigenvalue weighted by atomic mass is 10.2. The van der Waals surface area contributed by atoms with Crippen LogP contribution in [0.5, 0.6) is 5.75 Å². The molecule has 0 fully saturated rings. The average Bonchev–Trinajstić information content (AvgIpc) is 2.62. The normalized spacial score (nSPS) is 10.4. The molecule has 27 heavy (non-hydrogen) atoms. The largest absolute Gasteiger partial charge is 0.546 e. The van der Waals surface area contributed by atoms with E-state index in [4.69, 9.17) is 16.3 Å². The Morgan fingerprint density at radius 3 is 2.63 bits per heavy atom. The van der Waals surface area contributed by atoms with Gasteiger partial charge in [-0.25, -0.2) is 9.82 Å². The summed E-state index contributed by atoms with van der Waals surface area (Å²) in [4.78, 5) is 33.9. The zero-order chi connectivity index (χ0) is 19.8. The Labute approximate surface area is 157 Å². The Hall–Kier alpha value is -3.46. The lowest BCUT2D eigenvalue weighted by Gasteiger charge is -2.09. The maximum absolute atomic E-state index is 13.4. The van der Waals surface area contributed by atoms with Gasteiger partial charge in [0, 0.05) is 10.6 Å². The summed E-state index contributed by atoms with van der Waals surface area (Å²) in [5.74, 6) is -4.27. The van der Waals surface area contributed by atoms with Crippen LogP contribution in [0.15, 0.2) is 47.6 Å². The Morgan fingerprint density at radius 2 is 1.93 bits per heavy atom. The van der Waals surface area contributed by atoms with Crippen LogP contribution < -0.4 is 20.6 Å². The van der Waals surface area contributed by atoms with Gasteiger partial charge in [0.25, 0.3) is 0 Å². The van der Waals surface area contributed by atoms with Crippen molar-refractivity contribution in [2.24, 2.45) is 5.10 Å². The third-order valence-electron chi connectivity index (χ3n) is 3.02. The number of carbonyl (C=O) groups is 3. The van der Waals surface area contributed by atoms with Crippen molar-refractivity contribution in [3.05, 3.63) is 58.9 Å². The second-order valence-electron chi connectivity index (χ2n) is 4.98. The van der Waals surface area contributed by atoms with Gasteiger partial charge in [-0.1, -0.05) is 23.7 Å². The second-order valence-corrected chi connectivity index (χ2v) is 5.41. The number of carboxylic acid groups (broad SMARTS) is 1. The van der Waals surface area contributed by atoms with Crippen LogP contribution in [0, 0.1) is 5.82 Å². The van der Waals surface area contributed by atoms with Gasteiger partial charge in [-0.2, -0.15) is 5.10 Å². The SMILES string of the molecule is O=C([O-])COc1ccc(Cl)cc1/C=N\NC(=O)C(=O)Nc1ccccc1F. The number of benzene rings is 2. The van der Waals surface area contributed by atoms with E-state index in [0.29, 0.717) is 5.02 Å². The van der Waals surface area contributed by atoms with Gasteiger partial charge in [0.15, 0.2) is 0 Å². The van der Waals surface area contributed by atoms with Crippen LogP contribution in [0.2, 0.25) is 5.02 Å². The Morgan fingerprint density at radius 1 is 1.19 bits per heavy atom. The van der Waals surface area contributed by atoms with Gasteiger partial charge in [-0.05, 0) is 30.3 Å². The maximum atomic E-state index is 13.4. The molecule has 0 heterocycles. The number of hydrazone groups is 1. The zero-order valence-electron chi connectivity index (χ0n) is 13.6. The molecule has 0 aromatic heterocycles. The molecule has 2 rings (SSSR count). The van der Waals surface area contributed by atoms with Crippen molar-refractivity contribution in [3.63, 3.8) is 0 Å². The van der Waals surface area contributed by atoms with Gasteiger partial charge in [-0.15, -0.1) is 0 Å². The number of nitrogens with zero attached hydrogens (tertiary/aromatic N) is 1. The number of nitrogens with one attached hydrogen (secondary N) is 2. The monoisotopic (exact) mass is 392 g/mol. The van der Waals surface area contributed by atoms with Crippen molar-refractivity contribution in [2.45, 2.75) is 0 Å². The number of hydrogen-bond acceptors (Lipinski definition) is 6. The quantitative estimate of drug-likeness (QED) is 0.426. The summed E-state index contributed by atoms with van der Waals surface area (Å²) < 4.78 is 18.5. The van der Waals surface area contributed by atoms with Crippen molar-refractivity contribution >= 4 is 41.3 Å². The van der Waals surface area contributed by atoms with E-state index < -0.39 is 30.2 Å². The predicted molar refractivity (Wildman–Crippen MR) is 92.7 cm³/mol. The van der Waals surface area contributed by atoms with Crippen LogP contribution >= 0.6 is 11.6 Å². The topological polar surface area (TPSA) is 120 Å². The lowest BCUT2D eigenvalue weighted by molar-refractivity contribution is -0.307. The highest BCUT2D eigenvalue weighted by atomic mass is 35.5. The molecule has 0 saturated heterocycles. The Balaban J connectivity index is 2.00. The molecule has 0 aliphatic rings. The molecule has 0 atom stereocenters. The highest BCUT2D eigenvalue weighted by Crippen LogP contribution is 2.21. The van der Waals surface area contributed by atoms with Gasteiger partial charge in [0.05, 0.1) is 17.9 Å². The number of carbonyl (C=O) groups excluding carboxylic acids is 3. The molecule has 2 aromatic carbocycles. The maximum Gasteiger partial charge on any atom is 0.329 e. The molecule has 0 spiro atoms. The first-order valence-electron chi connectivity index (χ1n) is 7.38. The summed E-state index contributed by atoms with van der Waals surface area (Å²) in [5, 5.41) is 16.5. The van der Waals surface area contributed by atoms with Crippen LogP contribution in [0.3, 0.4) is 0 Å². The third-order valence-corrected chi connectivity index (χ3v) is 3.25. The molecule has 10 heteroatoms. The Bertz CT molecular complexity index is 904. The van der Waals surface area contributed by atoms with Crippen molar-refractivity contribution < 1.29 is 28.6 Å². The number of hydrogen-bond donors (Lipinski definition) is 2. The molecule has 140 valence electrons. The van der Waals surface area contributed by atoms with Gasteiger partial charge >= 0.3 is 11.8 Å². The van der Waals surface area contributed by atoms with Gasteiger partial charge in [0.1, 0.15) is 18.2 Å². The molecule has 0 bridgehead atoms. The average molecular weight is 393 g/mol. The van der Waals surface area contributed by atoms with E-state index in [1.807, 2.05) is 5.43 Å². The van der Waals surface area contributed by atoms with Crippen LogP contribution in [0.4, 0.5) is 10.1 Å². The number of amides is 2. The molecule has 2 aromatic rings. The fourth-order valence-electron chi connectivity index (χ4n) is 1.84. The summed E-state index contributed by atoms with van der Waals surface area (Å²) >= 11 is 5.84. The van der Waals surface area contributed by atoms with Crippen molar-refractivity contribution in [3.8, 4) is 5.75 Å². The van der Waals surface area contributed by atoms with Crippen LogP contribution in [-0.2, 0) is 14.4 Å². The van der Waals surface area contributed by atoms with E-state index in [0.717, 1.165) is 12.3 Å². The highest BCUT2D eigenvalue weighted by Gasteiger charge is 2.14. The molecule has 0 aliphatic carbocycles. The number of aliphatic carboxylic acids is 1. The first-order chi connectivity index (χ1) is 12.9. The number of anilines is 1.